The van der Waals surface area contributed by atoms with Crippen LogP contribution < -0.4 is 9.47 Å². The molecule has 0 aromatic heterocycles. The normalized spacial score (nSPS) is 13.3. The topological polar surface area (TPSA) is 127 Å². The molecule has 0 saturated carbocycles. The Hall–Kier alpha value is -3.09. The molecule has 0 aliphatic carbocycles. The minimum atomic E-state index is -0.501. The molecule has 11 nitrogen and oxygen atoms in total. The number of ketones is 1. The molecule has 12 heteroatoms. The molecule has 1 aliphatic rings. The number of hydrogen-bond acceptors (Lipinski definition) is 10. The standard InChI is InChI=1S/C30H42N2O9.ClH/c1-5-22-23(19-28(35)32(11-13-37-2)12-14-38-3)29(25(34)20-24(22)33)30(36)21-6-7-26(27(18-21)39-4)41-17-10-31-8-15-40-16-9-31;/h6-7,18,20,33-34H,5,8-17,19H2,1-4H3;1H. The summed E-state index contributed by atoms with van der Waals surface area (Å²) in [5, 5.41) is 21.5. The third kappa shape index (κ3) is 9.20. The van der Waals surface area contributed by atoms with E-state index in [2.05, 4.69) is 4.90 Å². The van der Waals surface area contributed by atoms with Crippen LogP contribution in [0.15, 0.2) is 24.3 Å². The van der Waals surface area contributed by atoms with Crippen molar-refractivity contribution in [1.29, 1.82) is 0 Å². The van der Waals surface area contributed by atoms with E-state index in [0.29, 0.717) is 69.6 Å². The van der Waals surface area contributed by atoms with Gasteiger partial charge in [-0.15, -0.1) is 12.4 Å². The summed E-state index contributed by atoms with van der Waals surface area (Å²) < 4.78 is 27.1. The molecule has 234 valence electrons. The number of carbonyl (C=O) groups excluding carboxylic acids is 2. The quantitative estimate of drug-likeness (QED) is 0.274. The van der Waals surface area contributed by atoms with E-state index in [1.807, 2.05) is 6.92 Å². The SMILES string of the molecule is CCc1c(O)cc(O)c(C(=O)c2ccc(OCCN3CCOCC3)c(OC)c2)c1CC(=O)N(CCOC)CCOC.Cl. The average molecular weight is 611 g/mol. The number of phenols is 2. The number of benzene rings is 2. The van der Waals surface area contributed by atoms with Crippen LogP contribution in [0.25, 0.3) is 0 Å². The predicted octanol–water partition coefficient (Wildman–Crippen LogP) is 2.70. The first-order valence-corrected chi connectivity index (χ1v) is 13.8. The van der Waals surface area contributed by atoms with Crippen molar-refractivity contribution in [2.45, 2.75) is 19.8 Å². The number of nitrogens with zero attached hydrogens (tertiary/aromatic N) is 2. The number of rotatable bonds is 16. The van der Waals surface area contributed by atoms with Gasteiger partial charge in [0.2, 0.25) is 5.91 Å². The van der Waals surface area contributed by atoms with Gasteiger partial charge in [0, 0.05) is 58.6 Å². The Morgan fingerprint density at radius 1 is 0.929 bits per heavy atom. The van der Waals surface area contributed by atoms with E-state index >= 15 is 0 Å². The second-order valence-corrected chi connectivity index (χ2v) is 9.64. The Balaban J connectivity index is 0.00000616. The van der Waals surface area contributed by atoms with Gasteiger partial charge in [0.15, 0.2) is 17.3 Å². The van der Waals surface area contributed by atoms with Gasteiger partial charge >= 0.3 is 0 Å². The highest BCUT2D eigenvalue weighted by atomic mass is 35.5. The lowest BCUT2D eigenvalue weighted by atomic mass is 9.89. The van der Waals surface area contributed by atoms with Gasteiger partial charge in [0.1, 0.15) is 18.1 Å². The number of phenolic OH excluding ortho intramolecular Hbond substituents is 2. The summed E-state index contributed by atoms with van der Waals surface area (Å²) in [5.74, 6) is -0.504. The zero-order valence-electron chi connectivity index (χ0n) is 24.8. The van der Waals surface area contributed by atoms with Crippen LogP contribution in [0.3, 0.4) is 0 Å². The molecule has 42 heavy (non-hydrogen) atoms. The van der Waals surface area contributed by atoms with Crippen LogP contribution in [0.1, 0.15) is 34.0 Å². The molecule has 0 spiro atoms. The number of hydrogen-bond donors (Lipinski definition) is 2. The van der Waals surface area contributed by atoms with Crippen LogP contribution in [0.2, 0.25) is 0 Å². The van der Waals surface area contributed by atoms with Crippen LogP contribution in [-0.4, -0.2) is 119 Å². The summed E-state index contributed by atoms with van der Waals surface area (Å²) >= 11 is 0. The molecule has 1 heterocycles. The van der Waals surface area contributed by atoms with Gasteiger partial charge in [-0.2, -0.15) is 0 Å². The van der Waals surface area contributed by atoms with Crippen molar-refractivity contribution >= 4 is 24.1 Å². The van der Waals surface area contributed by atoms with Crippen molar-refractivity contribution < 1.29 is 43.5 Å². The van der Waals surface area contributed by atoms with E-state index in [0.717, 1.165) is 25.7 Å². The average Bonchev–Trinajstić information content (AvgIpc) is 2.97. The van der Waals surface area contributed by atoms with Crippen molar-refractivity contribution in [2.75, 3.05) is 87.1 Å². The summed E-state index contributed by atoms with van der Waals surface area (Å²) in [6, 6.07) is 5.96. The Morgan fingerprint density at radius 3 is 2.19 bits per heavy atom. The highest BCUT2D eigenvalue weighted by Gasteiger charge is 2.27. The zero-order valence-corrected chi connectivity index (χ0v) is 25.7. The summed E-state index contributed by atoms with van der Waals surface area (Å²) in [5.41, 5.74) is 0.918. The number of aromatic hydroxyl groups is 2. The Labute approximate surface area is 253 Å². The molecule has 1 saturated heterocycles. The van der Waals surface area contributed by atoms with E-state index in [-0.39, 0.29) is 47.2 Å². The minimum absolute atomic E-state index is 0. The third-order valence-electron chi connectivity index (χ3n) is 7.09. The number of methoxy groups -OCH3 is 3. The molecule has 0 unspecified atom stereocenters. The van der Waals surface area contributed by atoms with E-state index in [4.69, 9.17) is 23.7 Å². The van der Waals surface area contributed by atoms with E-state index in [1.54, 1.807) is 37.3 Å². The minimum Gasteiger partial charge on any atom is -0.508 e. The molecular formula is C30H43ClN2O9. The van der Waals surface area contributed by atoms with E-state index < -0.39 is 11.5 Å². The lowest BCUT2D eigenvalue weighted by Gasteiger charge is -2.26. The van der Waals surface area contributed by atoms with Crippen molar-refractivity contribution in [3.8, 4) is 23.0 Å². The molecule has 2 aromatic rings. The highest BCUT2D eigenvalue weighted by molar-refractivity contribution is 6.12. The summed E-state index contributed by atoms with van der Waals surface area (Å²) in [7, 11) is 4.59. The maximum absolute atomic E-state index is 13.8. The zero-order chi connectivity index (χ0) is 29.8. The molecule has 3 rings (SSSR count). The molecule has 0 bridgehead atoms. The monoisotopic (exact) mass is 610 g/mol. The third-order valence-corrected chi connectivity index (χ3v) is 7.09. The fourth-order valence-electron chi connectivity index (χ4n) is 4.80. The number of amides is 1. The van der Waals surface area contributed by atoms with Gasteiger partial charge in [-0.3, -0.25) is 14.5 Å². The van der Waals surface area contributed by atoms with Crippen molar-refractivity contribution in [3.05, 3.63) is 46.5 Å². The van der Waals surface area contributed by atoms with Crippen LogP contribution in [0, 0.1) is 0 Å². The highest BCUT2D eigenvalue weighted by Crippen LogP contribution is 2.36. The Bertz CT molecular complexity index is 1160. The second-order valence-electron chi connectivity index (χ2n) is 9.64. The van der Waals surface area contributed by atoms with E-state index in [9.17, 15) is 19.8 Å². The summed E-state index contributed by atoms with van der Waals surface area (Å²) in [6.07, 6.45) is 0.157. The van der Waals surface area contributed by atoms with Crippen molar-refractivity contribution in [2.24, 2.45) is 0 Å². The van der Waals surface area contributed by atoms with Gasteiger partial charge in [0.25, 0.3) is 0 Å². The molecule has 1 amide bonds. The number of morpholine rings is 1. The molecule has 1 aliphatic heterocycles. The maximum Gasteiger partial charge on any atom is 0.227 e. The first kappa shape index (κ1) is 35.1. The Morgan fingerprint density at radius 2 is 1.60 bits per heavy atom. The predicted molar refractivity (Wildman–Crippen MR) is 160 cm³/mol. The lowest BCUT2D eigenvalue weighted by Crippen LogP contribution is -2.38. The van der Waals surface area contributed by atoms with E-state index in [1.165, 1.54) is 7.11 Å². The van der Waals surface area contributed by atoms with Gasteiger partial charge in [-0.1, -0.05) is 6.92 Å². The van der Waals surface area contributed by atoms with Crippen LogP contribution >= 0.6 is 12.4 Å². The van der Waals surface area contributed by atoms with Crippen LogP contribution in [0.5, 0.6) is 23.0 Å². The summed E-state index contributed by atoms with van der Waals surface area (Å²) in [6.45, 7) is 7.42. The summed E-state index contributed by atoms with van der Waals surface area (Å²) in [4.78, 5) is 31.0. The molecular weight excluding hydrogens is 568 g/mol. The second kappa shape index (κ2) is 17.8. The molecule has 0 radical (unpaired) electrons. The van der Waals surface area contributed by atoms with Gasteiger partial charge < -0.3 is 38.8 Å². The van der Waals surface area contributed by atoms with Crippen molar-refractivity contribution in [1.82, 2.24) is 9.80 Å². The fraction of sp³-hybridized carbons (Fsp3) is 0.533. The first-order chi connectivity index (χ1) is 19.8. The Kier molecular flexibility index (Phi) is 14.9. The van der Waals surface area contributed by atoms with Gasteiger partial charge in [-0.05, 0) is 35.7 Å². The molecule has 2 N–H and O–H groups in total. The fourth-order valence-corrected chi connectivity index (χ4v) is 4.80. The smallest absolute Gasteiger partial charge is 0.227 e. The van der Waals surface area contributed by atoms with Gasteiger partial charge in [-0.25, -0.2) is 0 Å². The van der Waals surface area contributed by atoms with Crippen molar-refractivity contribution in [3.63, 3.8) is 0 Å². The van der Waals surface area contributed by atoms with Gasteiger partial charge in [0.05, 0.1) is 45.5 Å². The van der Waals surface area contributed by atoms with Crippen LogP contribution in [0.4, 0.5) is 0 Å². The number of halogens is 1. The number of ether oxygens (including phenoxy) is 5. The molecule has 2 aromatic carbocycles. The maximum atomic E-state index is 13.8. The number of carbonyl (C=O) groups is 2. The molecule has 1 fully saturated rings. The molecule has 0 atom stereocenters. The lowest BCUT2D eigenvalue weighted by molar-refractivity contribution is -0.131. The first-order valence-electron chi connectivity index (χ1n) is 13.8. The van der Waals surface area contributed by atoms with Crippen LogP contribution in [-0.2, 0) is 31.8 Å². The largest absolute Gasteiger partial charge is 0.508 e.